The number of hydrogen-bond acceptors (Lipinski definition) is 0. The molecule has 2 aromatic rings. The monoisotopic (exact) mass is 544 g/mol. The summed E-state index contributed by atoms with van der Waals surface area (Å²) in [6.45, 7) is 27.1. The van der Waals surface area contributed by atoms with E-state index in [1.165, 1.54) is 22.3 Å². The van der Waals surface area contributed by atoms with Gasteiger partial charge in [-0.1, -0.05) is 80.1 Å². The maximum Gasteiger partial charge on any atom is -1.00 e. The van der Waals surface area contributed by atoms with Gasteiger partial charge in [0.25, 0.3) is 0 Å². The molecule has 0 nitrogen and oxygen atoms in total. The molecule has 30 heavy (non-hydrogen) atoms. The first-order valence-corrected chi connectivity index (χ1v) is 16.8. The number of rotatable bonds is 2. The Hall–Kier alpha value is 0.380. The molecule has 2 rings (SSSR count). The molecule has 0 N–H and O–H groups in total. The molecule has 0 fully saturated rings. The van der Waals surface area contributed by atoms with E-state index >= 15 is 0 Å². The van der Waals surface area contributed by atoms with E-state index in [9.17, 15) is 0 Å². The van der Waals surface area contributed by atoms with Gasteiger partial charge in [-0.3, -0.25) is 0 Å². The molecule has 0 amide bonds. The quantitative estimate of drug-likeness (QED) is 0.401. The van der Waals surface area contributed by atoms with Crippen molar-refractivity contribution < 1.29 is 48.1 Å². The van der Waals surface area contributed by atoms with Crippen LogP contribution in [0.5, 0.6) is 0 Å². The Balaban J connectivity index is -0.000000391. The van der Waals surface area contributed by atoms with Crippen molar-refractivity contribution in [2.45, 2.75) is 105 Å². The molecule has 0 atom stereocenters. The molecule has 0 radical (unpaired) electrons. The summed E-state index contributed by atoms with van der Waals surface area (Å²) in [5.41, 5.74) is 6.62. The molecule has 0 aliphatic heterocycles. The molecular weight excluding hydrogens is 503 g/mol. The third-order valence-corrected chi connectivity index (χ3v) is 4.62. The first kappa shape index (κ1) is 35.0. The van der Waals surface area contributed by atoms with Crippen LogP contribution in [0.2, 0.25) is 13.1 Å². The van der Waals surface area contributed by atoms with Gasteiger partial charge in [0.1, 0.15) is 0 Å². The fourth-order valence-electron chi connectivity index (χ4n) is 2.57. The predicted octanol–water partition coefficient (Wildman–Crippen LogP) is 2.45. The number of halogens is 2. The molecule has 0 saturated carbocycles. The largest absolute Gasteiger partial charge is 1.00 e. The Kier molecular flexibility index (Phi) is 17.8. The van der Waals surface area contributed by atoms with E-state index in [1.807, 2.05) is 0 Å². The molecule has 0 aliphatic rings. The van der Waals surface area contributed by atoms with Crippen LogP contribution in [-0.4, -0.2) is 5.43 Å². The molecule has 0 saturated heterocycles. The zero-order valence-corrected chi connectivity index (χ0v) is 26.3. The normalized spacial score (nSPS) is 10.9. The smallest absolute Gasteiger partial charge is 1.00 e. The molecule has 0 unspecified atom stereocenters. The maximum atomic E-state index is 2.32. The minimum atomic E-state index is 0. The topological polar surface area (TPSA) is 0 Å². The third kappa shape index (κ3) is 14.4. The Morgan fingerprint density at radius 3 is 1.03 bits per heavy atom. The zero-order chi connectivity index (χ0) is 22.3. The second-order valence-electron chi connectivity index (χ2n) is 10.7. The minimum Gasteiger partial charge on any atom is -1.00 e. The SMILES string of the molecule is CC(C)c1cc(C(C)(C)C)c[cH-]1.CC(C)c1cc(C(C)(C)C)c[cH-]1.C[Si](C)=[Zr+2].[Cl-].[Cl-]. The molecule has 0 heterocycles. The van der Waals surface area contributed by atoms with E-state index in [0.717, 1.165) is 0 Å². The molecule has 0 aromatic heterocycles. The molecule has 2 aromatic carbocycles. The van der Waals surface area contributed by atoms with Crippen molar-refractivity contribution in [3.63, 3.8) is 0 Å². The van der Waals surface area contributed by atoms with E-state index in [0.29, 0.717) is 22.7 Å². The van der Waals surface area contributed by atoms with Gasteiger partial charge in [0.05, 0.1) is 0 Å². The summed E-state index contributed by atoms with van der Waals surface area (Å²) >= 11 is 1.74. The van der Waals surface area contributed by atoms with Gasteiger partial charge in [-0.05, 0) is 11.8 Å². The van der Waals surface area contributed by atoms with Crippen molar-refractivity contribution in [2.24, 2.45) is 0 Å². The summed E-state index contributed by atoms with van der Waals surface area (Å²) in [7, 11) is 0. The summed E-state index contributed by atoms with van der Waals surface area (Å²) in [5.74, 6) is 1.31. The van der Waals surface area contributed by atoms with Crippen molar-refractivity contribution in [3.8, 4) is 0 Å². The second kappa shape index (κ2) is 15.3. The first-order valence-electron chi connectivity index (χ1n) is 10.6. The van der Waals surface area contributed by atoms with Crippen molar-refractivity contribution in [2.75, 3.05) is 0 Å². The van der Waals surface area contributed by atoms with Gasteiger partial charge in [0.15, 0.2) is 0 Å². The van der Waals surface area contributed by atoms with E-state index in [1.54, 1.807) is 23.3 Å². The average Bonchev–Trinajstić information content (AvgIpc) is 3.16. The summed E-state index contributed by atoms with van der Waals surface area (Å²) < 4.78 is 0. The van der Waals surface area contributed by atoms with Crippen LogP contribution in [0.3, 0.4) is 0 Å². The van der Waals surface area contributed by atoms with E-state index in [-0.39, 0.29) is 30.2 Å². The minimum absolute atomic E-state index is 0. The predicted molar refractivity (Wildman–Crippen MR) is 127 cm³/mol. The van der Waals surface area contributed by atoms with Crippen LogP contribution in [0.15, 0.2) is 36.4 Å². The van der Waals surface area contributed by atoms with E-state index in [2.05, 4.69) is 119 Å². The fraction of sp³-hybridized carbons (Fsp3) is 0.615. The van der Waals surface area contributed by atoms with Crippen LogP contribution in [0.25, 0.3) is 0 Å². The van der Waals surface area contributed by atoms with E-state index in [4.69, 9.17) is 0 Å². The van der Waals surface area contributed by atoms with Crippen molar-refractivity contribution in [1.82, 2.24) is 0 Å². The van der Waals surface area contributed by atoms with Crippen LogP contribution < -0.4 is 24.8 Å². The molecular formula is C26H44Cl2SiZr-2. The van der Waals surface area contributed by atoms with Crippen LogP contribution in [0, 0.1) is 0 Å². The van der Waals surface area contributed by atoms with Gasteiger partial charge in [-0.15, -0.1) is 0 Å². The first-order chi connectivity index (χ1) is 12.6. The standard InChI is InChI=1S/2C12H19.C2H6Si.2ClH.Zr/c2*1-9(2)10-6-7-11(8-10)12(3,4)5;1-3-2;;;/h2*6-9H,1-5H3;1-2H3;2*1H;/q2*-1;;;;+2/p-2. The Morgan fingerprint density at radius 1 is 0.700 bits per heavy atom. The van der Waals surface area contributed by atoms with Gasteiger partial charge in [0, 0.05) is 0 Å². The van der Waals surface area contributed by atoms with Crippen LogP contribution >= 0.6 is 0 Å². The second-order valence-corrected chi connectivity index (χ2v) is 20.0. The van der Waals surface area contributed by atoms with Gasteiger partial charge in [0.2, 0.25) is 0 Å². The summed E-state index contributed by atoms with van der Waals surface area (Å²) in [6.07, 6.45) is 0. The van der Waals surface area contributed by atoms with Gasteiger partial charge < -0.3 is 24.8 Å². The van der Waals surface area contributed by atoms with Crippen molar-refractivity contribution in [1.29, 1.82) is 0 Å². The van der Waals surface area contributed by atoms with Crippen LogP contribution in [-0.2, 0) is 34.2 Å². The zero-order valence-electron chi connectivity index (χ0n) is 21.4. The van der Waals surface area contributed by atoms with Crippen LogP contribution in [0.1, 0.15) is 103 Å². The number of hydrogen-bond donors (Lipinski definition) is 0. The molecule has 172 valence electrons. The molecule has 0 aliphatic carbocycles. The Bertz CT molecular complexity index is 650. The third-order valence-electron chi connectivity index (χ3n) is 4.62. The van der Waals surface area contributed by atoms with Gasteiger partial charge >= 0.3 is 41.9 Å². The van der Waals surface area contributed by atoms with Gasteiger partial charge in [-0.2, -0.15) is 46.5 Å². The molecule has 0 bridgehead atoms. The average molecular weight is 547 g/mol. The molecule has 0 spiro atoms. The van der Waals surface area contributed by atoms with Crippen molar-refractivity contribution in [3.05, 3.63) is 58.7 Å². The van der Waals surface area contributed by atoms with Crippen LogP contribution in [0.4, 0.5) is 0 Å². The van der Waals surface area contributed by atoms with Crippen molar-refractivity contribution >= 4 is 5.43 Å². The Morgan fingerprint density at radius 2 is 0.933 bits per heavy atom. The summed E-state index contributed by atoms with van der Waals surface area (Å²) in [6, 6.07) is 13.6. The molecule has 4 heteroatoms. The van der Waals surface area contributed by atoms with Gasteiger partial charge in [-0.25, -0.2) is 12.1 Å². The van der Waals surface area contributed by atoms with E-state index < -0.39 is 0 Å². The maximum absolute atomic E-state index is 2.32. The summed E-state index contributed by atoms with van der Waals surface area (Å²) in [4.78, 5) is 0. The Labute approximate surface area is 215 Å². The fourth-order valence-corrected chi connectivity index (χ4v) is 2.57. The summed E-state index contributed by atoms with van der Waals surface area (Å²) in [5, 5.41) is 0.